The zero-order valence-electron chi connectivity index (χ0n) is 19.1. The Kier molecular flexibility index (Phi) is 6.10. The van der Waals surface area contributed by atoms with Crippen LogP contribution in [0, 0.1) is 5.92 Å². The van der Waals surface area contributed by atoms with E-state index in [0.29, 0.717) is 48.8 Å². The van der Waals surface area contributed by atoms with Gasteiger partial charge < -0.3 is 24.4 Å². The molecule has 0 aromatic heterocycles. The lowest BCUT2D eigenvalue weighted by Gasteiger charge is -2.32. The SMILES string of the molecule is C[C@H](OC(=O)C1CCN(C2=NS(=O)(=O)c3ccccc32)CC1)C(=O)NCc1ccc2c(c1)OCO2. The van der Waals surface area contributed by atoms with Crippen LogP contribution in [0.4, 0.5) is 0 Å². The number of ether oxygens (including phenoxy) is 3. The second-order valence-electron chi connectivity index (χ2n) is 8.63. The lowest BCUT2D eigenvalue weighted by molar-refractivity contribution is -0.159. The van der Waals surface area contributed by atoms with Gasteiger partial charge in [0.25, 0.3) is 15.9 Å². The van der Waals surface area contributed by atoms with Gasteiger partial charge in [0, 0.05) is 25.2 Å². The van der Waals surface area contributed by atoms with Gasteiger partial charge in [-0.3, -0.25) is 9.59 Å². The van der Waals surface area contributed by atoms with Gasteiger partial charge in [-0.05, 0) is 49.6 Å². The molecule has 2 aromatic rings. The van der Waals surface area contributed by atoms with E-state index in [0.717, 1.165) is 5.56 Å². The highest BCUT2D eigenvalue weighted by Gasteiger charge is 2.35. The van der Waals surface area contributed by atoms with Gasteiger partial charge in [-0.25, -0.2) is 0 Å². The molecular formula is C24H25N3O7S. The molecule has 0 radical (unpaired) electrons. The summed E-state index contributed by atoms with van der Waals surface area (Å²) in [5.41, 5.74) is 1.42. The molecule has 11 heteroatoms. The molecule has 1 N–H and O–H groups in total. The van der Waals surface area contributed by atoms with Gasteiger partial charge in [0.2, 0.25) is 6.79 Å². The van der Waals surface area contributed by atoms with Crippen molar-refractivity contribution >= 4 is 27.7 Å². The number of carbonyl (C=O) groups is 2. The Labute approximate surface area is 202 Å². The van der Waals surface area contributed by atoms with E-state index < -0.39 is 28.0 Å². The number of hydrogen-bond acceptors (Lipinski definition) is 8. The maximum Gasteiger partial charge on any atom is 0.309 e. The minimum absolute atomic E-state index is 0.178. The number of likely N-dealkylation sites (tertiary alicyclic amines) is 1. The van der Waals surface area contributed by atoms with E-state index >= 15 is 0 Å². The van der Waals surface area contributed by atoms with Crippen molar-refractivity contribution in [2.24, 2.45) is 10.3 Å². The van der Waals surface area contributed by atoms with E-state index in [1.165, 1.54) is 6.92 Å². The van der Waals surface area contributed by atoms with Crippen LogP contribution in [0.1, 0.15) is 30.9 Å². The van der Waals surface area contributed by atoms with Crippen LogP contribution in [-0.4, -0.2) is 57.0 Å². The van der Waals surface area contributed by atoms with Gasteiger partial charge in [-0.15, -0.1) is 4.40 Å². The van der Waals surface area contributed by atoms with Crippen LogP contribution in [0.2, 0.25) is 0 Å². The maximum absolute atomic E-state index is 12.7. The van der Waals surface area contributed by atoms with Crippen molar-refractivity contribution in [2.45, 2.75) is 37.3 Å². The summed E-state index contributed by atoms with van der Waals surface area (Å²) in [7, 11) is -3.69. The van der Waals surface area contributed by atoms with Gasteiger partial charge in [-0.2, -0.15) is 8.42 Å². The topological polar surface area (TPSA) is 124 Å². The number of rotatable bonds is 5. The number of amides is 1. The molecule has 0 unspecified atom stereocenters. The van der Waals surface area contributed by atoms with E-state index in [9.17, 15) is 18.0 Å². The predicted molar refractivity (Wildman–Crippen MR) is 124 cm³/mol. The highest BCUT2D eigenvalue weighted by atomic mass is 32.2. The monoisotopic (exact) mass is 499 g/mol. The van der Waals surface area contributed by atoms with Crippen molar-refractivity contribution < 1.29 is 32.2 Å². The van der Waals surface area contributed by atoms with Gasteiger partial charge in [0.1, 0.15) is 4.90 Å². The number of esters is 1. The van der Waals surface area contributed by atoms with E-state index in [2.05, 4.69) is 9.71 Å². The summed E-state index contributed by atoms with van der Waals surface area (Å²) >= 11 is 0. The van der Waals surface area contributed by atoms with Crippen molar-refractivity contribution in [3.8, 4) is 11.5 Å². The van der Waals surface area contributed by atoms with Crippen molar-refractivity contribution in [1.82, 2.24) is 10.2 Å². The average molecular weight is 500 g/mol. The van der Waals surface area contributed by atoms with Crippen LogP contribution in [-0.2, 0) is 30.9 Å². The molecule has 1 amide bonds. The molecule has 0 saturated carbocycles. The Hall–Kier alpha value is -3.60. The molecule has 0 aliphatic carbocycles. The molecule has 35 heavy (non-hydrogen) atoms. The summed E-state index contributed by atoms with van der Waals surface area (Å²) < 4.78 is 44.6. The first-order chi connectivity index (χ1) is 16.8. The third kappa shape index (κ3) is 4.68. The van der Waals surface area contributed by atoms with Gasteiger partial charge in [0.05, 0.1) is 5.92 Å². The van der Waals surface area contributed by atoms with Crippen molar-refractivity contribution in [2.75, 3.05) is 19.9 Å². The van der Waals surface area contributed by atoms with Crippen LogP contribution in [0.3, 0.4) is 0 Å². The molecule has 1 saturated heterocycles. The fourth-order valence-corrected chi connectivity index (χ4v) is 5.58. The summed E-state index contributed by atoms with van der Waals surface area (Å²) in [5.74, 6) is 0.520. The van der Waals surface area contributed by atoms with Crippen LogP contribution >= 0.6 is 0 Å². The van der Waals surface area contributed by atoms with E-state index in [1.54, 1.807) is 36.4 Å². The first-order valence-corrected chi connectivity index (χ1v) is 12.8. The number of nitrogens with zero attached hydrogens (tertiary/aromatic N) is 2. The molecule has 2 aromatic carbocycles. The molecular weight excluding hydrogens is 474 g/mol. The summed E-state index contributed by atoms with van der Waals surface area (Å²) in [4.78, 5) is 27.2. The van der Waals surface area contributed by atoms with Crippen LogP contribution in [0.15, 0.2) is 51.8 Å². The number of piperidine rings is 1. The van der Waals surface area contributed by atoms with Crippen LogP contribution < -0.4 is 14.8 Å². The zero-order valence-corrected chi connectivity index (χ0v) is 19.9. The van der Waals surface area contributed by atoms with Gasteiger partial charge in [0.15, 0.2) is 23.4 Å². The zero-order chi connectivity index (χ0) is 24.6. The number of amidine groups is 1. The highest BCUT2D eigenvalue weighted by Crippen LogP contribution is 2.32. The third-order valence-corrected chi connectivity index (χ3v) is 7.63. The van der Waals surface area contributed by atoms with Crippen molar-refractivity contribution in [1.29, 1.82) is 0 Å². The standard InChI is InChI=1S/C24H25N3O7S/c1-15(23(28)25-13-16-6-7-19-20(12-16)33-14-32-19)34-24(29)17-8-10-27(11-9-17)22-18-4-2-3-5-21(18)35(30,31)26-22/h2-7,12,15,17H,8-11,13-14H2,1H3,(H,25,28)/t15-/m0/s1. The Morgan fingerprint density at radius 1 is 1.14 bits per heavy atom. The average Bonchev–Trinajstić information content (AvgIpc) is 3.44. The molecule has 3 heterocycles. The fourth-order valence-electron chi connectivity index (χ4n) is 4.35. The summed E-state index contributed by atoms with van der Waals surface area (Å²) in [6, 6.07) is 12.1. The Morgan fingerprint density at radius 2 is 1.89 bits per heavy atom. The number of sulfonamides is 1. The summed E-state index contributed by atoms with van der Waals surface area (Å²) in [5, 5.41) is 2.77. The number of hydrogen-bond donors (Lipinski definition) is 1. The Balaban J connectivity index is 1.11. The maximum atomic E-state index is 12.7. The van der Waals surface area contributed by atoms with Crippen molar-refractivity contribution in [3.05, 3.63) is 53.6 Å². The minimum atomic E-state index is -3.69. The molecule has 5 rings (SSSR count). The first-order valence-electron chi connectivity index (χ1n) is 11.4. The Morgan fingerprint density at radius 3 is 2.69 bits per heavy atom. The molecule has 10 nitrogen and oxygen atoms in total. The lowest BCUT2D eigenvalue weighted by atomic mass is 9.96. The summed E-state index contributed by atoms with van der Waals surface area (Å²) in [6.07, 6.45) is 0.0165. The predicted octanol–water partition coefficient (Wildman–Crippen LogP) is 1.82. The Bertz CT molecular complexity index is 1300. The molecule has 3 aliphatic heterocycles. The normalized spacial score (nSPS) is 19.0. The third-order valence-electron chi connectivity index (χ3n) is 6.31. The second-order valence-corrected chi connectivity index (χ2v) is 10.2. The lowest BCUT2D eigenvalue weighted by Crippen LogP contribution is -2.42. The quantitative estimate of drug-likeness (QED) is 0.618. The van der Waals surface area contributed by atoms with Crippen LogP contribution in [0.25, 0.3) is 0 Å². The number of fused-ring (bicyclic) bond motifs is 2. The fraction of sp³-hybridized carbons (Fsp3) is 0.375. The molecule has 1 fully saturated rings. The molecule has 0 spiro atoms. The molecule has 184 valence electrons. The second kappa shape index (κ2) is 9.21. The highest BCUT2D eigenvalue weighted by molar-refractivity contribution is 7.90. The van der Waals surface area contributed by atoms with Crippen LogP contribution in [0.5, 0.6) is 11.5 Å². The number of benzene rings is 2. The molecule has 3 aliphatic rings. The number of carbonyl (C=O) groups excluding carboxylic acids is 2. The van der Waals surface area contributed by atoms with E-state index in [-0.39, 0.29) is 24.2 Å². The van der Waals surface area contributed by atoms with E-state index in [1.807, 2.05) is 11.0 Å². The summed E-state index contributed by atoms with van der Waals surface area (Å²) in [6.45, 7) is 2.91. The first kappa shape index (κ1) is 23.2. The smallest absolute Gasteiger partial charge is 0.309 e. The van der Waals surface area contributed by atoms with Gasteiger partial charge >= 0.3 is 5.97 Å². The van der Waals surface area contributed by atoms with Gasteiger partial charge in [-0.1, -0.05) is 18.2 Å². The van der Waals surface area contributed by atoms with E-state index in [4.69, 9.17) is 14.2 Å². The molecule has 1 atom stereocenters. The largest absolute Gasteiger partial charge is 0.454 e. The minimum Gasteiger partial charge on any atom is -0.454 e. The molecule has 0 bridgehead atoms. The number of nitrogens with one attached hydrogen (secondary N) is 1. The van der Waals surface area contributed by atoms with Crippen molar-refractivity contribution in [3.63, 3.8) is 0 Å².